The molecule has 0 atom stereocenters. The molecule has 160 valence electrons. The standard InChI is InChI=1S/C20H30N6OS.HI/c1-2-21-20(22-6-8-24-7-3-19-17(15-24)5-14-28-19)26-11-9-25(10-12-26)16-18-4-13-27-23-18;/h4-5,13-14H,2-3,6-12,15-16H2,1H3,(H,21,22);1H. The maximum absolute atomic E-state index is 4.94. The summed E-state index contributed by atoms with van der Waals surface area (Å²) in [7, 11) is 0. The molecule has 0 radical (unpaired) electrons. The van der Waals surface area contributed by atoms with Gasteiger partial charge in [0.1, 0.15) is 6.26 Å². The Balaban J connectivity index is 0.00000240. The Bertz CT molecular complexity index is 757. The van der Waals surface area contributed by atoms with Crippen molar-refractivity contribution in [2.75, 3.05) is 52.4 Å². The summed E-state index contributed by atoms with van der Waals surface area (Å²) < 4.78 is 4.94. The molecule has 2 aromatic rings. The monoisotopic (exact) mass is 530 g/mol. The van der Waals surface area contributed by atoms with Crippen molar-refractivity contribution in [2.24, 2.45) is 4.99 Å². The lowest BCUT2D eigenvalue weighted by atomic mass is 10.1. The largest absolute Gasteiger partial charge is 0.364 e. The van der Waals surface area contributed by atoms with E-state index in [1.807, 2.05) is 17.4 Å². The van der Waals surface area contributed by atoms with Gasteiger partial charge in [0.15, 0.2) is 5.96 Å². The van der Waals surface area contributed by atoms with Crippen molar-refractivity contribution in [1.82, 2.24) is 25.2 Å². The average Bonchev–Trinajstić information content (AvgIpc) is 3.39. The number of nitrogens with zero attached hydrogens (tertiary/aromatic N) is 5. The van der Waals surface area contributed by atoms with Gasteiger partial charge >= 0.3 is 0 Å². The second kappa shape index (κ2) is 11.3. The number of aromatic nitrogens is 1. The molecule has 2 aliphatic rings. The van der Waals surface area contributed by atoms with E-state index in [0.29, 0.717) is 0 Å². The van der Waals surface area contributed by atoms with E-state index < -0.39 is 0 Å². The number of hydrogen-bond donors (Lipinski definition) is 1. The molecule has 1 N–H and O–H groups in total. The molecule has 4 heterocycles. The summed E-state index contributed by atoms with van der Waals surface area (Å²) in [4.78, 5) is 13.8. The summed E-state index contributed by atoms with van der Waals surface area (Å²) in [5.41, 5.74) is 2.51. The van der Waals surface area contributed by atoms with Crippen molar-refractivity contribution in [2.45, 2.75) is 26.4 Å². The summed E-state index contributed by atoms with van der Waals surface area (Å²) in [6, 6.07) is 4.22. The molecule has 29 heavy (non-hydrogen) atoms. The van der Waals surface area contributed by atoms with Crippen LogP contribution < -0.4 is 5.32 Å². The Morgan fingerprint density at radius 1 is 1.21 bits per heavy atom. The van der Waals surface area contributed by atoms with Gasteiger partial charge in [-0.2, -0.15) is 0 Å². The van der Waals surface area contributed by atoms with E-state index in [4.69, 9.17) is 9.52 Å². The molecule has 0 amide bonds. The Hall–Kier alpha value is -1.17. The normalized spacial score (nSPS) is 18.4. The summed E-state index contributed by atoms with van der Waals surface area (Å²) in [6.07, 6.45) is 2.83. The molecule has 7 nitrogen and oxygen atoms in total. The Morgan fingerprint density at radius 3 is 2.83 bits per heavy atom. The molecular formula is C20H31IN6OS. The van der Waals surface area contributed by atoms with Crippen LogP contribution in [0.1, 0.15) is 23.1 Å². The maximum Gasteiger partial charge on any atom is 0.194 e. The van der Waals surface area contributed by atoms with Gasteiger partial charge < -0.3 is 14.7 Å². The van der Waals surface area contributed by atoms with Gasteiger partial charge in [0.2, 0.25) is 0 Å². The highest BCUT2D eigenvalue weighted by Gasteiger charge is 2.21. The number of thiophene rings is 1. The van der Waals surface area contributed by atoms with E-state index >= 15 is 0 Å². The molecular weight excluding hydrogens is 499 g/mol. The van der Waals surface area contributed by atoms with Crippen LogP contribution in [0.5, 0.6) is 0 Å². The molecule has 0 aromatic carbocycles. The zero-order valence-corrected chi connectivity index (χ0v) is 20.2. The van der Waals surface area contributed by atoms with Gasteiger partial charge in [-0.1, -0.05) is 5.16 Å². The van der Waals surface area contributed by atoms with Gasteiger partial charge in [-0.15, -0.1) is 35.3 Å². The zero-order valence-electron chi connectivity index (χ0n) is 17.0. The number of hydrogen-bond acceptors (Lipinski definition) is 6. The first kappa shape index (κ1) is 22.5. The summed E-state index contributed by atoms with van der Waals surface area (Å²) in [5.74, 6) is 1.05. The van der Waals surface area contributed by atoms with Crippen molar-refractivity contribution in [3.05, 3.63) is 39.9 Å². The Kier molecular flexibility index (Phi) is 8.76. The molecule has 2 aliphatic heterocycles. The number of aliphatic imine (C=N–C) groups is 1. The van der Waals surface area contributed by atoms with Crippen LogP contribution in [0, 0.1) is 0 Å². The third kappa shape index (κ3) is 6.16. The van der Waals surface area contributed by atoms with Crippen LogP contribution in [0.2, 0.25) is 0 Å². The highest BCUT2D eigenvalue weighted by molar-refractivity contribution is 14.0. The smallest absolute Gasteiger partial charge is 0.194 e. The predicted octanol–water partition coefficient (Wildman–Crippen LogP) is 2.50. The highest BCUT2D eigenvalue weighted by Crippen LogP contribution is 2.23. The van der Waals surface area contributed by atoms with Gasteiger partial charge in [-0.05, 0) is 30.4 Å². The van der Waals surface area contributed by atoms with Crippen LogP contribution in [0.15, 0.2) is 33.3 Å². The molecule has 9 heteroatoms. The minimum absolute atomic E-state index is 0. The van der Waals surface area contributed by atoms with E-state index in [1.54, 1.807) is 11.1 Å². The minimum Gasteiger partial charge on any atom is -0.364 e. The van der Waals surface area contributed by atoms with Crippen LogP contribution in [-0.4, -0.2) is 78.2 Å². The van der Waals surface area contributed by atoms with Crippen LogP contribution in [0.4, 0.5) is 0 Å². The summed E-state index contributed by atoms with van der Waals surface area (Å²) in [6.45, 7) is 12.0. The zero-order chi connectivity index (χ0) is 19.2. The third-order valence-electron chi connectivity index (χ3n) is 5.45. The van der Waals surface area contributed by atoms with E-state index in [2.05, 4.69) is 43.5 Å². The van der Waals surface area contributed by atoms with Gasteiger partial charge in [0.05, 0.1) is 12.2 Å². The van der Waals surface area contributed by atoms with Crippen molar-refractivity contribution < 1.29 is 4.52 Å². The van der Waals surface area contributed by atoms with Crippen molar-refractivity contribution in [1.29, 1.82) is 0 Å². The molecule has 0 unspecified atom stereocenters. The Morgan fingerprint density at radius 2 is 2.07 bits per heavy atom. The molecule has 2 aromatic heterocycles. The molecule has 1 saturated heterocycles. The number of rotatable bonds is 6. The van der Waals surface area contributed by atoms with Gasteiger partial charge in [0, 0.05) is 69.8 Å². The molecule has 1 fully saturated rings. The molecule has 0 bridgehead atoms. The number of piperazine rings is 1. The number of nitrogens with one attached hydrogen (secondary N) is 1. The second-order valence-electron chi connectivity index (χ2n) is 7.38. The van der Waals surface area contributed by atoms with Gasteiger partial charge in [0.25, 0.3) is 0 Å². The molecule has 0 spiro atoms. The summed E-state index contributed by atoms with van der Waals surface area (Å²) in [5, 5.41) is 9.71. The highest BCUT2D eigenvalue weighted by atomic mass is 127. The van der Waals surface area contributed by atoms with Crippen LogP contribution >= 0.6 is 35.3 Å². The van der Waals surface area contributed by atoms with Crippen LogP contribution in [0.25, 0.3) is 0 Å². The first-order valence-corrected chi connectivity index (χ1v) is 11.1. The minimum atomic E-state index is 0. The number of fused-ring (bicyclic) bond motifs is 1. The number of halogens is 1. The fraction of sp³-hybridized carbons (Fsp3) is 0.600. The fourth-order valence-electron chi connectivity index (χ4n) is 3.89. The fourth-order valence-corrected chi connectivity index (χ4v) is 4.78. The van der Waals surface area contributed by atoms with Crippen LogP contribution in [0.3, 0.4) is 0 Å². The molecule has 0 aliphatic carbocycles. The van der Waals surface area contributed by atoms with Crippen molar-refractivity contribution in [3.8, 4) is 0 Å². The lowest BCUT2D eigenvalue weighted by molar-refractivity contribution is 0.169. The lowest BCUT2D eigenvalue weighted by Crippen LogP contribution is -2.52. The number of guanidine groups is 1. The first-order valence-electron chi connectivity index (χ1n) is 10.2. The topological polar surface area (TPSA) is 60.1 Å². The average molecular weight is 530 g/mol. The molecule has 4 rings (SSSR count). The third-order valence-corrected chi connectivity index (χ3v) is 6.47. The van der Waals surface area contributed by atoms with E-state index in [1.165, 1.54) is 12.0 Å². The van der Waals surface area contributed by atoms with Crippen molar-refractivity contribution in [3.63, 3.8) is 0 Å². The first-order chi connectivity index (χ1) is 13.8. The lowest BCUT2D eigenvalue weighted by Gasteiger charge is -2.36. The van der Waals surface area contributed by atoms with E-state index in [0.717, 1.165) is 77.1 Å². The predicted molar refractivity (Wildman–Crippen MR) is 128 cm³/mol. The quantitative estimate of drug-likeness (QED) is 0.352. The Labute approximate surface area is 194 Å². The van der Waals surface area contributed by atoms with E-state index in [-0.39, 0.29) is 24.0 Å². The van der Waals surface area contributed by atoms with Gasteiger partial charge in [-0.25, -0.2) is 0 Å². The molecule has 0 saturated carbocycles. The van der Waals surface area contributed by atoms with Crippen LogP contribution in [-0.2, 0) is 19.5 Å². The van der Waals surface area contributed by atoms with E-state index in [9.17, 15) is 0 Å². The summed E-state index contributed by atoms with van der Waals surface area (Å²) >= 11 is 1.90. The van der Waals surface area contributed by atoms with Crippen molar-refractivity contribution >= 4 is 41.3 Å². The SMILES string of the molecule is CCNC(=NCCN1CCc2sccc2C1)N1CCN(Cc2ccon2)CC1.I. The van der Waals surface area contributed by atoms with Gasteiger partial charge in [-0.3, -0.25) is 14.8 Å². The maximum atomic E-state index is 4.94. The second-order valence-corrected chi connectivity index (χ2v) is 8.39.